The monoisotopic (exact) mass is 237 g/mol. The lowest BCUT2D eigenvalue weighted by Crippen LogP contribution is -2.30. The molecule has 2 atom stereocenters. The number of nitrogens with zero attached hydrogens (tertiary/aromatic N) is 2. The third-order valence-electron chi connectivity index (χ3n) is 3.88. The first-order valence-corrected chi connectivity index (χ1v) is 6.84. The van der Waals surface area contributed by atoms with Crippen LogP contribution in [0.25, 0.3) is 0 Å². The van der Waals surface area contributed by atoms with Gasteiger partial charge in [-0.2, -0.15) is 5.26 Å². The van der Waals surface area contributed by atoms with Gasteiger partial charge in [-0.25, -0.2) is 0 Å². The lowest BCUT2D eigenvalue weighted by atomic mass is 9.89. The topological polar surface area (TPSA) is 53.0 Å². The summed E-state index contributed by atoms with van der Waals surface area (Å²) in [5, 5.41) is 8.93. The molecule has 98 valence electrons. The van der Waals surface area contributed by atoms with Crippen molar-refractivity contribution in [3.05, 3.63) is 0 Å². The van der Waals surface area contributed by atoms with Gasteiger partial charge in [0.25, 0.3) is 0 Å². The largest absolute Gasteiger partial charge is 0.328 e. The summed E-state index contributed by atoms with van der Waals surface area (Å²) < 4.78 is 0. The summed E-state index contributed by atoms with van der Waals surface area (Å²) in [6, 6.07) is 2.69. The van der Waals surface area contributed by atoms with Crippen molar-refractivity contribution in [1.29, 1.82) is 5.26 Å². The minimum Gasteiger partial charge on any atom is -0.328 e. The smallest absolute Gasteiger partial charge is 0.0683 e. The third kappa shape index (κ3) is 5.06. The second-order valence-corrected chi connectivity index (χ2v) is 6.16. The fourth-order valence-electron chi connectivity index (χ4n) is 2.45. The average Bonchev–Trinajstić information content (AvgIpc) is 2.73. The average molecular weight is 237 g/mol. The van der Waals surface area contributed by atoms with Gasteiger partial charge >= 0.3 is 0 Å². The van der Waals surface area contributed by atoms with Crippen LogP contribution in [0.5, 0.6) is 0 Å². The summed E-state index contributed by atoms with van der Waals surface area (Å²) in [4.78, 5) is 2.52. The SMILES string of the molecule is CC(N)C1CCN(CCCCC(C)(C)C#N)C1. The van der Waals surface area contributed by atoms with Crippen LogP contribution >= 0.6 is 0 Å². The van der Waals surface area contributed by atoms with Gasteiger partial charge in [0, 0.05) is 12.6 Å². The molecule has 0 radical (unpaired) electrons. The Bertz CT molecular complexity index is 265. The first-order valence-electron chi connectivity index (χ1n) is 6.84. The zero-order chi connectivity index (χ0) is 12.9. The molecule has 1 aliphatic heterocycles. The van der Waals surface area contributed by atoms with E-state index in [0.29, 0.717) is 12.0 Å². The van der Waals surface area contributed by atoms with Crippen molar-refractivity contribution in [3.63, 3.8) is 0 Å². The van der Waals surface area contributed by atoms with E-state index in [2.05, 4.69) is 17.9 Å². The standard InChI is InChI=1S/C14H27N3/c1-12(16)13-6-9-17(10-13)8-5-4-7-14(2,3)11-15/h12-13H,4-10,16H2,1-3H3. The molecule has 0 saturated carbocycles. The van der Waals surface area contributed by atoms with E-state index >= 15 is 0 Å². The van der Waals surface area contributed by atoms with E-state index in [0.717, 1.165) is 12.8 Å². The third-order valence-corrected chi connectivity index (χ3v) is 3.88. The molecule has 1 fully saturated rings. The van der Waals surface area contributed by atoms with Gasteiger partial charge in [0.05, 0.1) is 11.5 Å². The van der Waals surface area contributed by atoms with Crippen LogP contribution in [0.2, 0.25) is 0 Å². The van der Waals surface area contributed by atoms with Gasteiger partial charge in [-0.05, 0) is 59.0 Å². The van der Waals surface area contributed by atoms with Gasteiger partial charge in [-0.3, -0.25) is 0 Å². The molecule has 0 aromatic rings. The van der Waals surface area contributed by atoms with Crippen molar-refractivity contribution in [2.24, 2.45) is 17.1 Å². The molecule has 1 aliphatic rings. The van der Waals surface area contributed by atoms with Crippen molar-refractivity contribution < 1.29 is 0 Å². The Morgan fingerprint density at radius 2 is 2.18 bits per heavy atom. The Labute approximate surface area is 106 Å². The van der Waals surface area contributed by atoms with E-state index in [-0.39, 0.29) is 5.41 Å². The highest BCUT2D eigenvalue weighted by Gasteiger charge is 2.24. The lowest BCUT2D eigenvalue weighted by Gasteiger charge is -2.19. The van der Waals surface area contributed by atoms with Crippen LogP contribution in [0.1, 0.15) is 46.5 Å². The summed E-state index contributed by atoms with van der Waals surface area (Å²) >= 11 is 0. The summed E-state index contributed by atoms with van der Waals surface area (Å²) in [7, 11) is 0. The van der Waals surface area contributed by atoms with Gasteiger partial charge in [0.15, 0.2) is 0 Å². The molecule has 0 aromatic heterocycles. The molecule has 0 amide bonds. The molecular formula is C14H27N3. The van der Waals surface area contributed by atoms with Gasteiger partial charge in [0.1, 0.15) is 0 Å². The van der Waals surface area contributed by atoms with E-state index in [4.69, 9.17) is 11.0 Å². The van der Waals surface area contributed by atoms with E-state index in [9.17, 15) is 0 Å². The summed E-state index contributed by atoms with van der Waals surface area (Å²) in [6.45, 7) is 9.70. The highest BCUT2D eigenvalue weighted by molar-refractivity contribution is 4.91. The van der Waals surface area contributed by atoms with Gasteiger partial charge in [0.2, 0.25) is 0 Å². The minimum atomic E-state index is -0.153. The maximum absolute atomic E-state index is 8.93. The first-order chi connectivity index (χ1) is 7.94. The lowest BCUT2D eigenvalue weighted by molar-refractivity contribution is 0.299. The number of nitriles is 1. The van der Waals surface area contributed by atoms with Crippen LogP contribution in [0, 0.1) is 22.7 Å². The molecule has 1 saturated heterocycles. The first kappa shape index (κ1) is 14.5. The fourth-order valence-corrected chi connectivity index (χ4v) is 2.45. The van der Waals surface area contributed by atoms with Crippen molar-refractivity contribution >= 4 is 0 Å². The molecule has 0 spiro atoms. The number of unbranched alkanes of at least 4 members (excludes halogenated alkanes) is 1. The molecule has 17 heavy (non-hydrogen) atoms. The molecule has 2 unspecified atom stereocenters. The predicted molar refractivity (Wildman–Crippen MR) is 71.4 cm³/mol. The zero-order valence-electron chi connectivity index (χ0n) is 11.6. The quantitative estimate of drug-likeness (QED) is 0.722. The van der Waals surface area contributed by atoms with Gasteiger partial charge in [-0.15, -0.1) is 0 Å². The van der Waals surface area contributed by atoms with Crippen LogP contribution in [0.3, 0.4) is 0 Å². The summed E-state index contributed by atoms with van der Waals surface area (Å²) in [5.74, 6) is 0.686. The Morgan fingerprint density at radius 3 is 2.71 bits per heavy atom. The summed E-state index contributed by atoms with van der Waals surface area (Å²) in [6.07, 6.45) is 4.62. The number of nitrogens with two attached hydrogens (primary N) is 1. The Hall–Kier alpha value is -0.590. The molecule has 0 bridgehead atoms. The molecule has 0 aliphatic carbocycles. The van der Waals surface area contributed by atoms with E-state index in [1.54, 1.807) is 0 Å². The van der Waals surface area contributed by atoms with Gasteiger partial charge in [-0.1, -0.05) is 6.42 Å². The molecular weight excluding hydrogens is 210 g/mol. The molecule has 1 heterocycles. The number of hydrogen-bond acceptors (Lipinski definition) is 3. The second-order valence-electron chi connectivity index (χ2n) is 6.16. The Kier molecular flexibility index (Phi) is 5.42. The Morgan fingerprint density at radius 1 is 1.47 bits per heavy atom. The van der Waals surface area contributed by atoms with Crippen LogP contribution in [-0.4, -0.2) is 30.6 Å². The van der Waals surface area contributed by atoms with E-state index < -0.39 is 0 Å². The van der Waals surface area contributed by atoms with Gasteiger partial charge < -0.3 is 10.6 Å². The molecule has 3 nitrogen and oxygen atoms in total. The van der Waals surface area contributed by atoms with Crippen LogP contribution in [0.15, 0.2) is 0 Å². The highest BCUT2D eigenvalue weighted by Crippen LogP contribution is 2.23. The minimum absolute atomic E-state index is 0.153. The summed E-state index contributed by atoms with van der Waals surface area (Å²) in [5.41, 5.74) is 5.77. The highest BCUT2D eigenvalue weighted by atomic mass is 15.1. The zero-order valence-corrected chi connectivity index (χ0v) is 11.6. The number of rotatable bonds is 6. The maximum atomic E-state index is 8.93. The molecule has 0 aromatic carbocycles. The van der Waals surface area contributed by atoms with Crippen molar-refractivity contribution in [1.82, 2.24) is 4.90 Å². The predicted octanol–water partition coefficient (Wildman–Crippen LogP) is 2.38. The van der Waals surface area contributed by atoms with Crippen LogP contribution in [-0.2, 0) is 0 Å². The van der Waals surface area contributed by atoms with Crippen molar-refractivity contribution in [2.45, 2.75) is 52.5 Å². The van der Waals surface area contributed by atoms with Crippen LogP contribution < -0.4 is 5.73 Å². The molecule has 1 rings (SSSR count). The second kappa shape index (κ2) is 6.37. The maximum Gasteiger partial charge on any atom is 0.0683 e. The number of likely N-dealkylation sites (tertiary alicyclic amines) is 1. The van der Waals surface area contributed by atoms with E-state index in [1.807, 2.05) is 13.8 Å². The fraction of sp³-hybridized carbons (Fsp3) is 0.929. The number of hydrogen-bond donors (Lipinski definition) is 1. The molecule has 3 heteroatoms. The van der Waals surface area contributed by atoms with Crippen molar-refractivity contribution in [2.75, 3.05) is 19.6 Å². The molecule has 2 N–H and O–H groups in total. The van der Waals surface area contributed by atoms with E-state index in [1.165, 1.54) is 32.5 Å². The van der Waals surface area contributed by atoms with Crippen LogP contribution in [0.4, 0.5) is 0 Å². The van der Waals surface area contributed by atoms with Crippen molar-refractivity contribution in [3.8, 4) is 6.07 Å². The Balaban J connectivity index is 2.11. The normalized spacial score (nSPS) is 23.6.